The molecule has 2 nitrogen and oxygen atoms in total. The Balaban J connectivity index is 3.70. The van der Waals surface area contributed by atoms with Crippen LogP contribution in [0.3, 0.4) is 0 Å². The standard InChI is InChI=1S/C8H14O2/c1-4-6-7(3)8(9)10-5-2/h4,6-7H,5H2,1-3H3/b6-4+/t7-/m1/s1. The van der Waals surface area contributed by atoms with Gasteiger partial charge < -0.3 is 4.74 Å². The topological polar surface area (TPSA) is 26.3 Å². The lowest BCUT2D eigenvalue weighted by Crippen LogP contribution is -2.12. The summed E-state index contributed by atoms with van der Waals surface area (Å²) >= 11 is 0. The molecule has 0 heterocycles. The molecule has 0 aromatic rings. The van der Waals surface area contributed by atoms with Gasteiger partial charge in [-0.2, -0.15) is 0 Å². The molecule has 1 atom stereocenters. The summed E-state index contributed by atoms with van der Waals surface area (Å²) in [6.45, 7) is 5.97. The van der Waals surface area contributed by atoms with Gasteiger partial charge in [-0.3, -0.25) is 4.79 Å². The molecule has 0 aromatic carbocycles. The lowest BCUT2D eigenvalue weighted by atomic mass is 10.2. The maximum Gasteiger partial charge on any atom is 0.312 e. The Labute approximate surface area is 61.9 Å². The molecular formula is C8H14O2. The average molecular weight is 142 g/mol. The van der Waals surface area contributed by atoms with Gasteiger partial charge in [0.15, 0.2) is 0 Å². The highest BCUT2D eigenvalue weighted by Gasteiger charge is 2.08. The average Bonchev–Trinajstić information content (AvgIpc) is 1.89. The summed E-state index contributed by atoms with van der Waals surface area (Å²) in [6.07, 6.45) is 3.67. The van der Waals surface area contributed by atoms with Crippen LogP contribution in [0.15, 0.2) is 12.2 Å². The highest BCUT2D eigenvalue weighted by molar-refractivity contribution is 5.73. The zero-order valence-electron chi connectivity index (χ0n) is 6.76. The van der Waals surface area contributed by atoms with Crippen LogP contribution < -0.4 is 0 Å². The van der Waals surface area contributed by atoms with Gasteiger partial charge in [0.25, 0.3) is 0 Å². The van der Waals surface area contributed by atoms with E-state index in [4.69, 9.17) is 4.74 Å². The fourth-order valence-electron chi connectivity index (χ4n) is 0.641. The van der Waals surface area contributed by atoms with Crippen LogP contribution in [0.25, 0.3) is 0 Å². The Kier molecular flexibility index (Phi) is 4.63. The monoisotopic (exact) mass is 142 g/mol. The molecule has 0 bridgehead atoms. The fraction of sp³-hybridized carbons (Fsp3) is 0.625. The molecule has 0 radical (unpaired) electrons. The number of hydrogen-bond acceptors (Lipinski definition) is 2. The molecule has 58 valence electrons. The molecule has 0 aliphatic rings. The molecule has 0 spiro atoms. The van der Waals surface area contributed by atoms with Gasteiger partial charge in [-0.1, -0.05) is 12.2 Å². The van der Waals surface area contributed by atoms with Crippen molar-refractivity contribution >= 4 is 5.97 Å². The van der Waals surface area contributed by atoms with Gasteiger partial charge >= 0.3 is 5.97 Å². The van der Waals surface area contributed by atoms with Crippen molar-refractivity contribution in [2.24, 2.45) is 5.92 Å². The van der Waals surface area contributed by atoms with Gasteiger partial charge in [0, 0.05) is 0 Å². The largest absolute Gasteiger partial charge is 0.466 e. The number of hydrogen-bond donors (Lipinski definition) is 0. The number of allylic oxidation sites excluding steroid dienone is 1. The Morgan fingerprint density at radius 3 is 2.70 bits per heavy atom. The van der Waals surface area contributed by atoms with Crippen molar-refractivity contribution in [3.63, 3.8) is 0 Å². The lowest BCUT2D eigenvalue weighted by molar-refractivity contribution is -0.145. The Hall–Kier alpha value is -0.790. The van der Waals surface area contributed by atoms with E-state index in [9.17, 15) is 4.79 Å². The van der Waals surface area contributed by atoms with E-state index in [1.165, 1.54) is 0 Å². The first-order chi connectivity index (χ1) is 4.72. The van der Waals surface area contributed by atoms with Gasteiger partial charge in [0.2, 0.25) is 0 Å². The van der Waals surface area contributed by atoms with E-state index in [1.54, 1.807) is 6.92 Å². The predicted molar refractivity (Wildman–Crippen MR) is 40.6 cm³/mol. The third kappa shape index (κ3) is 3.28. The highest BCUT2D eigenvalue weighted by atomic mass is 16.5. The van der Waals surface area contributed by atoms with Crippen LogP contribution in [0.4, 0.5) is 0 Å². The molecule has 0 rings (SSSR count). The molecular weight excluding hydrogens is 128 g/mol. The second-order valence-corrected chi connectivity index (χ2v) is 2.07. The molecule has 0 unspecified atom stereocenters. The number of carbonyl (C=O) groups excluding carboxylic acids is 1. The molecule has 2 heteroatoms. The third-order valence-corrected chi connectivity index (χ3v) is 1.14. The predicted octanol–water partition coefficient (Wildman–Crippen LogP) is 1.76. The minimum Gasteiger partial charge on any atom is -0.466 e. The van der Waals surface area contributed by atoms with Crippen LogP contribution in [-0.4, -0.2) is 12.6 Å². The molecule has 0 N–H and O–H groups in total. The second kappa shape index (κ2) is 5.03. The Morgan fingerprint density at radius 1 is 1.70 bits per heavy atom. The summed E-state index contributed by atoms with van der Waals surface area (Å²) in [5, 5.41) is 0. The quantitative estimate of drug-likeness (QED) is 0.443. The molecule has 0 fully saturated rings. The minimum atomic E-state index is -0.152. The zero-order valence-corrected chi connectivity index (χ0v) is 6.76. The van der Waals surface area contributed by atoms with Crippen molar-refractivity contribution < 1.29 is 9.53 Å². The molecule has 0 saturated carbocycles. The van der Waals surface area contributed by atoms with Gasteiger partial charge in [-0.15, -0.1) is 0 Å². The van der Waals surface area contributed by atoms with Gasteiger partial charge in [0.1, 0.15) is 0 Å². The zero-order chi connectivity index (χ0) is 7.98. The van der Waals surface area contributed by atoms with E-state index >= 15 is 0 Å². The van der Waals surface area contributed by atoms with Crippen molar-refractivity contribution in [1.82, 2.24) is 0 Å². The first-order valence-electron chi connectivity index (χ1n) is 3.51. The molecule has 0 aliphatic heterocycles. The normalized spacial score (nSPS) is 13.5. The molecule has 0 amide bonds. The molecule has 0 aromatic heterocycles. The van der Waals surface area contributed by atoms with E-state index in [0.717, 1.165) is 0 Å². The molecule has 0 saturated heterocycles. The van der Waals surface area contributed by atoms with Crippen LogP contribution in [0.5, 0.6) is 0 Å². The highest BCUT2D eigenvalue weighted by Crippen LogP contribution is 1.99. The van der Waals surface area contributed by atoms with E-state index in [-0.39, 0.29) is 11.9 Å². The second-order valence-electron chi connectivity index (χ2n) is 2.07. The molecule has 0 aliphatic carbocycles. The van der Waals surface area contributed by atoms with Crippen molar-refractivity contribution in [3.8, 4) is 0 Å². The SMILES string of the molecule is C/C=C/[C@@H](C)C(=O)OCC. The Morgan fingerprint density at radius 2 is 2.30 bits per heavy atom. The minimum absolute atomic E-state index is 0.107. The van der Waals surface area contributed by atoms with Gasteiger partial charge in [-0.25, -0.2) is 0 Å². The number of carbonyl (C=O) groups is 1. The maximum absolute atomic E-state index is 10.9. The summed E-state index contributed by atoms with van der Waals surface area (Å²) < 4.78 is 4.77. The van der Waals surface area contributed by atoms with E-state index in [1.807, 2.05) is 26.0 Å². The van der Waals surface area contributed by atoms with Crippen molar-refractivity contribution in [2.75, 3.05) is 6.61 Å². The number of ether oxygens (including phenoxy) is 1. The van der Waals surface area contributed by atoms with Gasteiger partial charge in [0.05, 0.1) is 12.5 Å². The van der Waals surface area contributed by atoms with E-state index in [2.05, 4.69) is 0 Å². The third-order valence-electron chi connectivity index (χ3n) is 1.14. The number of esters is 1. The number of rotatable bonds is 3. The van der Waals surface area contributed by atoms with Crippen molar-refractivity contribution in [3.05, 3.63) is 12.2 Å². The summed E-state index contributed by atoms with van der Waals surface area (Å²) in [6, 6.07) is 0. The van der Waals surface area contributed by atoms with E-state index in [0.29, 0.717) is 6.61 Å². The van der Waals surface area contributed by atoms with Crippen LogP contribution in [-0.2, 0) is 9.53 Å². The first-order valence-corrected chi connectivity index (χ1v) is 3.51. The van der Waals surface area contributed by atoms with Crippen LogP contribution in [0, 0.1) is 5.92 Å². The summed E-state index contributed by atoms with van der Waals surface area (Å²) in [7, 11) is 0. The fourth-order valence-corrected chi connectivity index (χ4v) is 0.641. The first kappa shape index (κ1) is 9.21. The van der Waals surface area contributed by atoms with Crippen molar-refractivity contribution in [1.29, 1.82) is 0 Å². The van der Waals surface area contributed by atoms with Crippen LogP contribution >= 0.6 is 0 Å². The summed E-state index contributed by atoms with van der Waals surface area (Å²) in [5.41, 5.74) is 0. The van der Waals surface area contributed by atoms with E-state index < -0.39 is 0 Å². The van der Waals surface area contributed by atoms with Crippen molar-refractivity contribution in [2.45, 2.75) is 20.8 Å². The smallest absolute Gasteiger partial charge is 0.312 e. The summed E-state index contributed by atoms with van der Waals surface area (Å²) in [4.78, 5) is 10.9. The maximum atomic E-state index is 10.9. The molecule has 10 heavy (non-hydrogen) atoms. The summed E-state index contributed by atoms with van der Waals surface area (Å²) in [5.74, 6) is -0.259. The van der Waals surface area contributed by atoms with Crippen LogP contribution in [0.2, 0.25) is 0 Å². The van der Waals surface area contributed by atoms with Crippen LogP contribution in [0.1, 0.15) is 20.8 Å². The Bertz CT molecular complexity index is 127. The van der Waals surface area contributed by atoms with Gasteiger partial charge in [-0.05, 0) is 20.8 Å². The lowest BCUT2D eigenvalue weighted by Gasteiger charge is -2.03.